The van der Waals surface area contributed by atoms with Gasteiger partial charge in [-0.25, -0.2) is 13.1 Å². The van der Waals surface area contributed by atoms with E-state index in [1.807, 2.05) is 0 Å². The largest absolute Gasteiger partial charge is 0.269 e. The van der Waals surface area contributed by atoms with Crippen molar-refractivity contribution in [2.75, 3.05) is 6.54 Å². The number of nitrogens with zero attached hydrogens (tertiary/aromatic N) is 4. The first kappa shape index (κ1) is 14.9. The molecule has 10 heteroatoms. The van der Waals surface area contributed by atoms with E-state index in [0.29, 0.717) is 0 Å². The van der Waals surface area contributed by atoms with E-state index >= 15 is 0 Å². The van der Waals surface area contributed by atoms with Gasteiger partial charge in [0.15, 0.2) is 0 Å². The van der Waals surface area contributed by atoms with E-state index in [1.165, 1.54) is 6.92 Å². The average molecular weight is 285 g/mol. The Morgan fingerprint density at radius 2 is 2.05 bits per heavy atom. The quantitative estimate of drug-likeness (QED) is 0.278. The molecule has 0 saturated heterocycles. The van der Waals surface area contributed by atoms with Crippen LogP contribution in [0.5, 0.6) is 0 Å². The van der Waals surface area contributed by atoms with Crippen molar-refractivity contribution in [1.29, 1.82) is 0 Å². The first-order valence-electron chi connectivity index (χ1n) is 5.14. The highest BCUT2D eigenvalue weighted by molar-refractivity contribution is 7.89. The van der Waals surface area contributed by atoms with E-state index in [2.05, 4.69) is 14.7 Å². The van der Waals surface area contributed by atoms with E-state index in [4.69, 9.17) is 5.53 Å². The highest BCUT2D eigenvalue weighted by atomic mass is 32.2. The lowest BCUT2D eigenvalue weighted by molar-refractivity contribution is -0.384. The number of azide groups is 1. The molecule has 102 valence electrons. The molecule has 0 spiro atoms. The van der Waals surface area contributed by atoms with E-state index < -0.39 is 21.0 Å². The van der Waals surface area contributed by atoms with Crippen LogP contribution in [0.25, 0.3) is 10.4 Å². The van der Waals surface area contributed by atoms with Gasteiger partial charge in [-0.2, -0.15) is 0 Å². The lowest BCUT2D eigenvalue weighted by Crippen LogP contribution is -2.34. The van der Waals surface area contributed by atoms with Gasteiger partial charge < -0.3 is 0 Å². The maximum Gasteiger partial charge on any atom is 0.269 e. The van der Waals surface area contributed by atoms with E-state index in [-0.39, 0.29) is 17.1 Å². The molecular weight excluding hydrogens is 274 g/mol. The molecule has 0 aliphatic rings. The van der Waals surface area contributed by atoms with Crippen LogP contribution in [0.15, 0.2) is 34.3 Å². The number of hydrogen-bond acceptors (Lipinski definition) is 5. The third-order valence-electron chi connectivity index (χ3n) is 2.13. The molecule has 1 aromatic carbocycles. The Labute approximate surface area is 109 Å². The summed E-state index contributed by atoms with van der Waals surface area (Å²) in [6.07, 6.45) is 0. The summed E-state index contributed by atoms with van der Waals surface area (Å²) >= 11 is 0. The summed E-state index contributed by atoms with van der Waals surface area (Å²) in [6.45, 7) is 1.51. The Morgan fingerprint density at radius 1 is 1.47 bits per heavy atom. The van der Waals surface area contributed by atoms with Gasteiger partial charge in [-0.15, -0.1) is 0 Å². The minimum Gasteiger partial charge on any atom is -0.258 e. The number of nitrogens with one attached hydrogen (secondary N) is 1. The molecule has 9 nitrogen and oxygen atoms in total. The van der Waals surface area contributed by atoms with Crippen LogP contribution in [-0.4, -0.2) is 25.9 Å². The Bertz CT molecular complexity index is 606. The normalized spacial score (nSPS) is 12.5. The standard InChI is InChI=1S/C9H11N5O4S/c1-7(6-11-13-10)12-19(17,18)9-4-2-8(3-5-9)14(15)16/h2-5,7,12H,6H2,1H3/t7-/m0/s1. The SMILES string of the molecule is C[C@@H](CN=[N+]=[N-])NS(=O)(=O)c1ccc([N+](=O)[O-])cc1. The van der Waals surface area contributed by atoms with Crippen molar-refractivity contribution in [2.45, 2.75) is 17.9 Å². The Morgan fingerprint density at radius 3 is 2.53 bits per heavy atom. The lowest BCUT2D eigenvalue weighted by atomic mass is 10.3. The summed E-state index contributed by atoms with van der Waals surface area (Å²) in [6, 6.07) is 3.91. The average Bonchev–Trinajstić information content (AvgIpc) is 2.36. The molecule has 0 bridgehead atoms. The third kappa shape index (κ3) is 4.21. The molecule has 1 atom stereocenters. The first-order chi connectivity index (χ1) is 8.86. The maximum atomic E-state index is 11.9. The second kappa shape index (κ2) is 6.14. The summed E-state index contributed by atoms with van der Waals surface area (Å²) in [7, 11) is -3.79. The predicted octanol–water partition coefficient (Wildman–Crippen LogP) is 1.57. The number of non-ortho nitro benzene ring substituents is 1. The second-order valence-corrected chi connectivity index (χ2v) is 5.40. The smallest absolute Gasteiger partial charge is 0.258 e. The molecule has 0 unspecified atom stereocenters. The van der Waals surface area contributed by atoms with Crippen LogP contribution in [0.2, 0.25) is 0 Å². The fourth-order valence-corrected chi connectivity index (χ4v) is 2.51. The number of nitro groups is 1. The second-order valence-electron chi connectivity index (χ2n) is 3.69. The number of benzene rings is 1. The Balaban J connectivity index is 2.88. The summed E-state index contributed by atoms with van der Waals surface area (Å²) in [5.41, 5.74) is 7.94. The molecule has 0 amide bonds. The van der Waals surface area contributed by atoms with Gasteiger partial charge in [-0.3, -0.25) is 10.1 Å². The van der Waals surface area contributed by atoms with Crippen molar-refractivity contribution in [1.82, 2.24) is 4.72 Å². The minimum absolute atomic E-state index is 0.0251. The van der Waals surface area contributed by atoms with Crippen molar-refractivity contribution < 1.29 is 13.3 Å². The zero-order valence-electron chi connectivity index (χ0n) is 9.92. The molecule has 0 radical (unpaired) electrons. The molecule has 0 aliphatic carbocycles. The number of sulfonamides is 1. The molecular formula is C9H11N5O4S. The molecule has 0 aliphatic heterocycles. The van der Waals surface area contributed by atoms with Gasteiger partial charge in [-0.1, -0.05) is 5.11 Å². The van der Waals surface area contributed by atoms with Crippen molar-refractivity contribution >= 4 is 15.7 Å². The highest BCUT2D eigenvalue weighted by Gasteiger charge is 2.18. The molecule has 19 heavy (non-hydrogen) atoms. The summed E-state index contributed by atoms with van der Waals surface area (Å²) in [4.78, 5) is 12.3. The van der Waals surface area contributed by atoms with Crippen LogP contribution in [0.3, 0.4) is 0 Å². The van der Waals surface area contributed by atoms with Crippen LogP contribution in [0, 0.1) is 10.1 Å². The van der Waals surface area contributed by atoms with Crippen LogP contribution in [0.1, 0.15) is 6.92 Å². The summed E-state index contributed by atoms with van der Waals surface area (Å²) in [5, 5.41) is 13.7. The molecule has 0 aromatic heterocycles. The molecule has 0 fully saturated rings. The molecule has 1 aromatic rings. The van der Waals surface area contributed by atoms with Crippen LogP contribution < -0.4 is 4.72 Å². The van der Waals surface area contributed by atoms with Crippen molar-refractivity contribution in [3.63, 3.8) is 0 Å². The lowest BCUT2D eigenvalue weighted by Gasteiger charge is -2.11. The maximum absolute atomic E-state index is 11.9. The molecule has 1 rings (SSSR count). The van der Waals surface area contributed by atoms with Crippen molar-refractivity contribution in [2.24, 2.45) is 5.11 Å². The first-order valence-corrected chi connectivity index (χ1v) is 6.63. The molecule has 0 heterocycles. The van der Waals surface area contributed by atoms with Gasteiger partial charge in [0.25, 0.3) is 5.69 Å². The Hall–Kier alpha value is -2.16. The summed E-state index contributed by atoms with van der Waals surface area (Å²) in [5.74, 6) is 0. The van der Waals surface area contributed by atoms with Gasteiger partial charge in [0, 0.05) is 29.6 Å². The third-order valence-corrected chi connectivity index (χ3v) is 3.74. The van der Waals surface area contributed by atoms with Gasteiger partial charge in [0.2, 0.25) is 10.0 Å². The monoisotopic (exact) mass is 285 g/mol. The summed E-state index contributed by atoms with van der Waals surface area (Å²) < 4.78 is 26.0. The fourth-order valence-electron chi connectivity index (χ4n) is 1.28. The van der Waals surface area contributed by atoms with Crippen molar-refractivity contribution in [3.05, 3.63) is 44.8 Å². The minimum atomic E-state index is -3.79. The number of nitro benzene ring substituents is 1. The zero-order valence-corrected chi connectivity index (χ0v) is 10.7. The van der Waals surface area contributed by atoms with Crippen LogP contribution in [-0.2, 0) is 10.0 Å². The van der Waals surface area contributed by atoms with Crippen LogP contribution >= 0.6 is 0 Å². The van der Waals surface area contributed by atoms with E-state index in [1.54, 1.807) is 0 Å². The van der Waals surface area contributed by atoms with Crippen LogP contribution in [0.4, 0.5) is 5.69 Å². The highest BCUT2D eigenvalue weighted by Crippen LogP contribution is 2.15. The van der Waals surface area contributed by atoms with Gasteiger partial charge >= 0.3 is 0 Å². The zero-order chi connectivity index (χ0) is 14.5. The fraction of sp³-hybridized carbons (Fsp3) is 0.333. The van der Waals surface area contributed by atoms with Crippen molar-refractivity contribution in [3.8, 4) is 0 Å². The van der Waals surface area contributed by atoms with Gasteiger partial charge in [-0.05, 0) is 24.6 Å². The molecule has 0 saturated carbocycles. The number of rotatable bonds is 6. The Kier molecular flexibility index (Phi) is 4.81. The predicted molar refractivity (Wildman–Crippen MR) is 66.9 cm³/mol. The van der Waals surface area contributed by atoms with Gasteiger partial charge in [0.05, 0.1) is 9.82 Å². The topological polar surface area (TPSA) is 138 Å². The molecule has 1 N–H and O–H groups in total. The van der Waals surface area contributed by atoms with Gasteiger partial charge in [0.1, 0.15) is 0 Å². The number of hydrogen-bond donors (Lipinski definition) is 1. The van der Waals surface area contributed by atoms with E-state index in [0.717, 1.165) is 24.3 Å². The van der Waals surface area contributed by atoms with E-state index in [9.17, 15) is 18.5 Å².